The van der Waals surface area contributed by atoms with Crippen molar-refractivity contribution in [2.24, 2.45) is 0 Å². The molecule has 3 rings (SSSR count). The topological polar surface area (TPSA) is 52.3 Å². The molecule has 0 spiro atoms. The van der Waals surface area contributed by atoms with Crippen LogP contribution in [0, 0.1) is 13.8 Å². The summed E-state index contributed by atoms with van der Waals surface area (Å²) in [4.78, 5) is 11.9. The number of carbonyl (C=O) groups is 1. The van der Waals surface area contributed by atoms with Crippen LogP contribution in [0.3, 0.4) is 0 Å². The molecule has 0 radical (unpaired) electrons. The SMILES string of the molecule is Cc1ccc(CC2OC(=O)c3cc(N)ccc32)c(C)c1. The van der Waals surface area contributed by atoms with Gasteiger partial charge < -0.3 is 10.5 Å². The summed E-state index contributed by atoms with van der Waals surface area (Å²) in [5.41, 5.74) is 11.5. The number of hydrogen-bond acceptors (Lipinski definition) is 3. The van der Waals surface area contributed by atoms with Crippen LogP contribution in [-0.2, 0) is 11.2 Å². The summed E-state index contributed by atoms with van der Waals surface area (Å²) >= 11 is 0. The first-order chi connectivity index (χ1) is 9.54. The minimum Gasteiger partial charge on any atom is -0.454 e. The van der Waals surface area contributed by atoms with Crippen molar-refractivity contribution in [3.8, 4) is 0 Å². The Balaban J connectivity index is 1.92. The molecule has 2 aromatic carbocycles. The van der Waals surface area contributed by atoms with Gasteiger partial charge in [-0.1, -0.05) is 29.8 Å². The molecule has 0 aromatic heterocycles. The molecule has 2 N–H and O–H groups in total. The summed E-state index contributed by atoms with van der Waals surface area (Å²) in [6.07, 6.45) is 0.494. The van der Waals surface area contributed by atoms with Gasteiger partial charge in [-0.15, -0.1) is 0 Å². The largest absolute Gasteiger partial charge is 0.454 e. The predicted octanol–water partition coefficient (Wildman–Crippen LogP) is 3.34. The fourth-order valence-corrected chi connectivity index (χ4v) is 2.71. The molecule has 3 heteroatoms. The Morgan fingerprint density at radius 1 is 1.15 bits per heavy atom. The summed E-state index contributed by atoms with van der Waals surface area (Å²) in [7, 11) is 0. The number of fused-ring (bicyclic) bond motifs is 1. The number of nitrogens with two attached hydrogens (primary N) is 1. The number of carbonyl (C=O) groups excluding carboxylic acids is 1. The molecular weight excluding hydrogens is 250 g/mol. The van der Waals surface area contributed by atoms with Gasteiger partial charge in [0.1, 0.15) is 6.10 Å². The molecule has 1 aliphatic rings. The van der Waals surface area contributed by atoms with Crippen molar-refractivity contribution in [3.05, 3.63) is 64.2 Å². The zero-order chi connectivity index (χ0) is 14.3. The van der Waals surface area contributed by atoms with Gasteiger partial charge in [-0.25, -0.2) is 4.79 Å². The quantitative estimate of drug-likeness (QED) is 0.670. The third-order valence-electron chi connectivity index (χ3n) is 3.80. The summed E-state index contributed by atoms with van der Waals surface area (Å²) < 4.78 is 5.48. The van der Waals surface area contributed by atoms with Gasteiger partial charge in [-0.05, 0) is 37.1 Å². The van der Waals surface area contributed by atoms with Gasteiger partial charge in [-0.3, -0.25) is 0 Å². The van der Waals surface area contributed by atoms with Crippen molar-refractivity contribution < 1.29 is 9.53 Å². The highest BCUT2D eigenvalue weighted by Crippen LogP contribution is 2.34. The minimum atomic E-state index is -0.276. The Morgan fingerprint density at radius 3 is 2.70 bits per heavy atom. The second-order valence-electron chi connectivity index (χ2n) is 5.37. The van der Waals surface area contributed by atoms with Crippen LogP contribution in [0.5, 0.6) is 0 Å². The van der Waals surface area contributed by atoms with Gasteiger partial charge in [0.05, 0.1) is 5.56 Å². The third kappa shape index (κ3) is 2.16. The lowest BCUT2D eigenvalue weighted by atomic mass is 9.96. The van der Waals surface area contributed by atoms with Crippen LogP contribution in [0.1, 0.15) is 38.7 Å². The fraction of sp³-hybridized carbons (Fsp3) is 0.235. The molecule has 2 aromatic rings. The Bertz CT molecular complexity index is 691. The average Bonchev–Trinajstić information content (AvgIpc) is 2.69. The maximum Gasteiger partial charge on any atom is 0.339 e. The first-order valence-electron chi connectivity index (χ1n) is 6.71. The van der Waals surface area contributed by atoms with Gasteiger partial charge in [0.2, 0.25) is 0 Å². The van der Waals surface area contributed by atoms with E-state index in [2.05, 4.69) is 32.0 Å². The van der Waals surface area contributed by atoms with Crippen molar-refractivity contribution in [3.63, 3.8) is 0 Å². The van der Waals surface area contributed by atoms with E-state index >= 15 is 0 Å². The van der Waals surface area contributed by atoms with Crippen LogP contribution in [0.4, 0.5) is 5.69 Å². The van der Waals surface area contributed by atoms with Crippen molar-refractivity contribution in [1.82, 2.24) is 0 Å². The standard InChI is InChI=1S/C17H17NO2/c1-10-3-4-12(11(2)7-10)8-16-14-6-5-13(18)9-15(14)17(19)20-16/h3-7,9,16H,8,18H2,1-2H3. The first kappa shape index (κ1) is 12.7. The molecule has 0 fully saturated rings. The van der Waals surface area contributed by atoms with Crippen LogP contribution in [0.15, 0.2) is 36.4 Å². The van der Waals surface area contributed by atoms with Gasteiger partial charge in [0.15, 0.2) is 0 Å². The Morgan fingerprint density at radius 2 is 1.95 bits per heavy atom. The van der Waals surface area contributed by atoms with Crippen LogP contribution in [-0.4, -0.2) is 5.97 Å². The summed E-state index contributed by atoms with van der Waals surface area (Å²) in [5.74, 6) is -0.276. The lowest BCUT2D eigenvalue weighted by Crippen LogP contribution is -2.04. The molecule has 0 bridgehead atoms. The molecule has 1 aliphatic heterocycles. The maximum absolute atomic E-state index is 11.9. The second-order valence-corrected chi connectivity index (χ2v) is 5.37. The van der Waals surface area contributed by atoms with Crippen molar-refractivity contribution in [2.45, 2.75) is 26.4 Å². The number of aryl methyl sites for hydroxylation is 2. The number of nitrogen functional groups attached to an aromatic ring is 1. The Labute approximate surface area is 118 Å². The third-order valence-corrected chi connectivity index (χ3v) is 3.80. The molecule has 1 heterocycles. The highest BCUT2D eigenvalue weighted by molar-refractivity contribution is 5.95. The van der Waals surface area contributed by atoms with Crippen molar-refractivity contribution in [2.75, 3.05) is 5.73 Å². The number of rotatable bonds is 2. The number of hydrogen-bond donors (Lipinski definition) is 1. The normalized spacial score (nSPS) is 16.9. The van der Waals surface area contributed by atoms with E-state index < -0.39 is 0 Å². The summed E-state index contributed by atoms with van der Waals surface area (Å²) in [6.45, 7) is 4.16. The Hall–Kier alpha value is -2.29. The van der Waals surface area contributed by atoms with E-state index in [0.717, 1.165) is 5.56 Å². The number of esters is 1. The summed E-state index contributed by atoms with van der Waals surface area (Å²) in [6, 6.07) is 11.7. The van der Waals surface area contributed by atoms with Crippen LogP contribution >= 0.6 is 0 Å². The second kappa shape index (κ2) is 4.67. The lowest BCUT2D eigenvalue weighted by molar-refractivity contribution is 0.0387. The van der Waals surface area contributed by atoms with Crippen LogP contribution in [0.2, 0.25) is 0 Å². The first-order valence-corrected chi connectivity index (χ1v) is 6.71. The van der Waals surface area contributed by atoms with Gasteiger partial charge in [-0.2, -0.15) is 0 Å². The van der Waals surface area contributed by atoms with E-state index in [9.17, 15) is 4.79 Å². The number of ether oxygens (including phenoxy) is 1. The smallest absolute Gasteiger partial charge is 0.339 e. The molecule has 0 saturated heterocycles. The lowest BCUT2D eigenvalue weighted by Gasteiger charge is -2.13. The predicted molar refractivity (Wildman–Crippen MR) is 78.6 cm³/mol. The van der Waals surface area contributed by atoms with Crippen LogP contribution in [0.25, 0.3) is 0 Å². The van der Waals surface area contributed by atoms with E-state index in [1.807, 2.05) is 12.1 Å². The summed E-state index contributed by atoms with van der Waals surface area (Å²) in [5, 5.41) is 0. The zero-order valence-electron chi connectivity index (χ0n) is 11.6. The van der Waals surface area contributed by atoms with E-state index in [4.69, 9.17) is 10.5 Å². The van der Waals surface area contributed by atoms with Crippen molar-refractivity contribution >= 4 is 11.7 Å². The number of anilines is 1. The van der Waals surface area contributed by atoms with E-state index in [-0.39, 0.29) is 12.1 Å². The molecule has 3 nitrogen and oxygen atoms in total. The van der Waals surface area contributed by atoms with Gasteiger partial charge >= 0.3 is 5.97 Å². The zero-order valence-corrected chi connectivity index (χ0v) is 11.6. The number of benzene rings is 2. The van der Waals surface area contributed by atoms with E-state index in [1.165, 1.54) is 16.7 Å². The molecule has 0 saturated carbocycles. The van der Waals surface area contributed by atoms with Crippen LogP contribution < -0.4 is 5.73 Å². The molecule has 1 atom stereocenters. The Kier molecular flexibility index (Phi) is 2.97. The molecule has 20 heavy (non-hydrogen) atoms. The number of cyclic esters (lactones) is 1. The van der Waals surface area contributed by atoms with Crippen molar-refractivity contribution in [1.29, 1.82) is 0 Å². The van der Waals surface area contributed by atoms with Gasteiger partial charge in [0.25, 0.3) is 0 Å². The van der Waals surface area contributed by atoms with E-state index in [0.29, 0.717) is 17.7 Å². The average molecular weight is 267 g/mol. The molecular formula is C17H17NO2. The van der Waals surface area contributed by atoms with E-state index in [1.54, 1.807) is 6.07 Å². The molecule has 0 aliphatic carbocycles. The fourth-order valence-electron chi connectivity index (χ4n) is 2.71. The van der Waals surface area contributed by atoms with Gasteiger partial charge in [0, 0.05) is 17.7 Å². The molecule has 1 unspecified atom stereocenters. The maximum atomic E-state index is 11.9. The molecule has 102 valence electrons. The highest BCUT2D eigenvalue weighted by atomic mass is 16.5. The molecule has 0 amide bonds. The monoisotopic (exact) mass is 267 g/mol. The highest BCUT2D eigenvalue weighted by Gasteiger charge is 2.31. The minimum absolute atomic E-state index is 0.209.